The Hall–Kier alpha value is -0.610. The molecular weight excluding hydrogens is 266 g/mol. The summed E-state index contributed by atoms with van der Waals surface area (Å²) in [6, 6.07) is 2.48. The molecule has 1 heterocycles. The van der Waals surface area contributed by atoms with Gasteiger partial charge in [-0.1, -0.05) is 13.8 Å². The lowest BCUT2D eigenvalue weighted by atomic mass is 10.0. The summed E-state index contributed by atoms with van der Waals surface area (Å²) >= 11 is 3.42. The summed E-state index contributed by atoms with van der Waals surface area (Å²) in [5.41, 5.74) is 6.82. The van der Waals surface area contributed by atoms with E-state index in [1.54, 1.807) is 0 Å². The van der Waals surface area contributed by atoms with Crippen molar-refractivity contribution in [3.05, 3.63) is 22.3 Å². The molecule has 2 N–H and O–H groups in total. The molecule has 0 aromatic carbocycles. The number of nitrogens with zero attached hydrogens (tertiary/aromatic N) is 2. The zero-order valence-corrected chi connectivity index (χ0v) is 12.0. The minimum atomic E-state index is 0.443. The monoisotopic (exact) mass is 285 g/mol. The Labute approximate surface area is 106 Å². The molecule has 0 saturated carbocycles. The molecule has 0 bridgehead atoms. The van der Waals surface area contributed by atoms with Crippen molar-refractivity contribution < 1.29 is 0 Å². The molecule has 1 aromatic rings. The second-order valence-corrected chi connectivity index (χ2v) is 5.35. The first-order valence-corrected chi connectivity index (χ1v) is 6.34. The van der Waals surface area contributed by atoms with Crippen molar-refractivity contribution in [2.75, 3.05) is 11.9 Å². The van der Waals surface area contributed by atoms with E-state index in [0.717, 1.165) is 15.9 Å². The highest BCUT2D eigenvalue weighted by Crippen LogP contribution is 2.23. The number of rotatable bonds is 4. The summed E-state index contributed by atoms with van der Waals surface area (Å²) in [6.45, 7) is 7.13. The Morgan fingerprint density at radius 1 is 1.44 bits per heavy atom. The summed E-state index contributed by atoms with van der Waals surface area (Å²) in [4.78, 5) is 6.65. The maximum absolute atomic E-state index is 5.75. The van der Waals surface area contributed by atoms with E-state index in [2.05, 4.69) is 53.6 Å². The van der Waals surface area contributed by atoms with Gasteiger partial charge in [0.25, 0.3) is 0 Å². The van der Waals surface area contributed by atoms with Crippen LogP contribution in [0.5, 0.6) is 0 Å². The highest BCUT2D eigenvalue weighted by atomic mass is 79.9. The number of aromatic nitrogens is 1. The van der Waals surface area contributed by atoms with Gasteiger partial charge in [0.2, 0.25) is 0 Å². The smallest absolute Gasteiger partial charge is 0.133 e. The van der Waals surface area contributed by atoms with E-state index >= 15 is 0 Å². The van der Waals surface area contributed by atoms with E-state index in [0.29, 0.717) is 18.5 Å². The first-order valence-electron chi connectivity index (χ1n) is 5.54. The van der Waals surface area contributed by atoms with E-state index in [4.69, 9.17) is 5.73 Å². The molecule has 1 rings (SSSR count). The second kappa shape index (κ2) is 5.64. The molecule has 0 aliphatic rings. The Bertz CT molecular complexity index is 352. The lowest BCUT2D eigenvalue weighted by Gasteiger charge is -2.30. The van der Waals surface area contributed by atoms with Crippen molar-refractivity contribution in [2.45, 2.75) is 33.4 Å². The van der Waals surface area contributed by atoms with Gasteiger partial charge in [-0.15, -0.1) is 0 Å². The number of nitrogens with two attached hydrogens (primary N) is 1. The van der Waals surface area contributed by atoms with E-state index in [1.807, 2.05) is 12.3 Å². The van der Waals surface area contributed by atoms with Crippen LogP contribution in [0.1, 0.15) is 26.3 Å². The van der Waals surface area contributed by atoms with Crippen LogP contribution in [-0.4, -0.2) is 18.1 Å². The molecule has 0 aliphatic carbocycles. The Morgan fingerprint density at radius 2 is 2.06 bits per heavy atom. The largest absolute Gasteiger partial charge is 0.356 e. The molecule has 0 radical (unpaired) electrons. The van der Waals surface area contributed by atoms with Gasteiger partial charge in [-0.25, -0.2) is 4.98 Å². The highest BCUT2D eigenvalue weighted by molar-refractivity contribution is 9.10. The summed E-state index contributed by atoms with van der Waals surface area (Å²) in [6.07, 6.45) is 1.82. The van der Waals surface area contributed by atoms with Gasteiger partial charge in [0.1, 0.15) is 5.82 Å². The molecule has 3 nitrogen and oxygen atoms in total. The number of halogens is 1. The zero-order valence-electron chi connectivity index (χ0n) is 10.4. The van der Waals surface area contributed by atoms with Gasteiger partial charge in [-0.3, -0.25) is 0 Å². The molecule has 0 aliphatic heterocycles. The Kier molecular flexibility index (Phi) is 4.74. The normalized spacial score (nSPS) is 12.9. The van der Waals surface area contributed by atoms with Crippen LogP contribution in [0.4, 0.5) is 5.82 Å². The van der Waals surface area contributed by atoms with Crippen molar-refractivity contribution in [3.63, 3.8) is 0 Å². The van der Waals surface area contributed by atoms with Crippen LogP contribution in [0.15, 0.2) is 16.7 Å². The van der Waals surface area contributed by atoms with Gasteiger partial charge < -0.3 is 10.6 Å². The maximum Gasteiger partial charge on any atom is 0.133 e. The second-order valence-electron chi connectivity index (χ2n) is 4.44. The van der Waals surface area contributed by atoms with Crippen molar-refractivity contribution >= 4 is 21.7 Å². The predicted molar refractivity (Wildman–Crippen MR) is 72.5 cm³/mol. The molecule has 4 heteroatoms. The molecular formula is C12H20BrN3. The molecule has 90 valence electrons. The average molecular weight is 286 g/mol. The maximum atomic E-state index is 5.75. The SMILES string of the molecule is CC(C)C(C)N(C)c1ncc(Br)cc1CN. The fourth-order valence-corrected chi connectivity index (χ4v) is 1.96. The van der Waals surface area contributed by atoms with Crippen LogP contribution in [0.3, 0.4) is 0 Å². The number of hydrogen-bond acceptors (Lipinski definition) is 3. The van der Waals surface area contributed by atoms with E-state index in [1.165, 1.54) is 0 Å². The molecule has 0 amide bonds. The molecule has 1 unspecified atom stereocenters. The molecule has 1 atom stereocenters. The quantitative estimate of drug-likeness (QED) is 0.925. The standard InChI is InChI=1S/C12H20BrN3/c1-8(2)9(3)16(4)12-10(6-14)5-11(13)7-15-12/h5,7-9H,6,14H2,1-4H3. The predicted octanol–water partition coefficient (Wildman–Crippen LogP) is 2.78. The first kappa shape index (κ1) is 13.5. The summed E-state index contributed by atoms with van der Waals surface area (Å²) in [5, 5.41) is 0. The summed E-state index contributed by atoms with van der Waals surface area (Å²) in [7, 11) is 2.07. The third kappa shape index (κ3) is 2.95. The average Bonchev–Trinajstić information content (AvgIpc) is 2.26. The minimum Gasteiger partial charge on any atom is -0.356 e. The van der Waals surface area contributed by atoms with Crippen LogP contribution < -0.4 is 10.6 Å². The van der Waals surface area contributed by atoms with Crippen LogP contribution in [0.25, 0.3) is 0 Å². The lowest BCUT2D eigenvalue weighted by molar-refractivity contribution is 0.501. The van der Waals surface area contributed by atoms with Crippen LogP contribution >= 0.6 is 15.9 Å². The van der Waals surface area contributed by atoms with E-state index in [9.17, 15) is 0 Å². The lowest BCUT2D eigenvalue weighted by Crippen LogP contribution is -2.34. The van der Waals surface area contributed by atoms with Gasteiger partial charge in [-0.05, 0) is 34.8 Å². The fraction of sp³-hybridized carbons (Fsp3) is 0.583. The van der Waals surface area contributed by atoms with Crippen molar-refractivity contribution in [1.82, 2.24) is 4.98 Å². The number of hydrogen-bond donors (Lipinski definition) is 1. The summed E-state index contributed by atoms with van der Waals surface area (Å²) < 4.78 is 0.974. The third-order valence-corrected chi connectivity index (χ3v) is 3.47. The minimum absolute atomic E-state index is 0.443. The first-order chi connectivity index (χ1) is 7.47. The van der Waals surface area contributed by atoms with Crippen LogP contribution in [0.2, 0.25) is 0 Å². The Balaban J connectivity index is 3.03. The molecule has 1 aromatic heterocycles. The van der Waals surface area contributed by atoms with Gasteiger partial charge in [0, 0.05) is 35.9 Å². The van der Waals surface area contributed by atoms with Crippen molar-refractivity contribution in [1.29, 1.82) is 0 Å². The molecule has 0 saturated heterocycles. The van der Waals surface area contributed by atoms with Gasteiger partial charge in [0.05, 0.1) is 0 Å². The van der Waals surface area contributed by atoms with Gasteiger partial charge >= 0.3 is 0 Å². The van der Waals surface area contributed by atoms with Crippen molar-refractivity contribution in [3.8, 4) is 0 Å². The topological polar surface area (TPSA) is 42.2 Å². The molecule has 0 spiro atoms. The fourth-order valence-electron chi connectivity index (χ4n) is 1.58. The third-order valence-electron chi connectivity index (χ3n) is 3.04. The number of pyridine rings is 1. The Morgan fingerprint density at radius 3 is 2.56 bits per heavy atom. The molecule has 16 heavy (non-hydrogen) atoms. The van der Waals surface area contributed by atoms with E-state index < -0.39 is 0 Å². The highest BCUT2D eigenvalue weighted by Gasteiger charge is 2.17. The van der Waals surface area contributed by atoms with Crippen LogP contribution in [-0.2, 0) is 6.54 Å². The van der Waals surface area contributed by atoms with Crippen molar-refractivity contribution in [2.24, 2.45) is 11.7 Å². The zero-order chi connectivity index (χ0) is 12.3. The summed E-state index contributed by atoms with van der Waals surface area (Å²) in [5.74, 6) is 1.56. The number of anilines is 1. The van der Waals surface area contributed by atoms with Gasteiger partial charge in [-0.2, -0.15) is 0 Å². The molecule has 0 fully saturated rings. The van der Waals surface area contributed by atoms with E-state index in [-0.39, 0.29) is 0 Å². The van der Waals surface area contributed by atoms with Crippen LogP contribution in [0, 0.1) is 5.92 Å². The van der Waals surface area contributed by atoms with Gasteiger partial charge in [0.15, 0.2) is 0 Å².